The number of nitrogens with two attached hydrogens (primary N) is 1. The molecule has 0 saturated carbocycles. The second kappa shape index (κ2) is 65.8. The summed E-state index contributed by atoms with van der Waals surface area (Å²) in [6, 6.07) is 0. The van der Waals surface area contributed by atoms with Gasteiger partial charge in [-0.3, -0.25) is 0 Å². The lowest BCUT2D eigenvalue weighted by molar-refractivity contribution is 0.152. The smallest absolute Gasteiger partial charge is 0.0651 e. The van der Waals surface area contributed by atoms with Crippen LogP contribution < -0.4 is 5.90 Å². The van der Waals surface area contributed by atoms with E-state index in [0.29, 0.717) is 6.61 Å². The van der Waals surface area contributed by atoms with Crippen LogP contribution in [0.1, 0.15) is 34.6 Å². The first-order chi connectivity index (χ1) is 3.91. The minimum atomic E-state index is 0.597. The fourth-order valence-electron chi connectivity index (χ4n) is 0. The summed E-state index contributed by atoms with van der Waals surface area (Å²) in [5.74, 6) is 4.53. The predicted molar refractivity (Wildman–Crippen MR) is 38.5 cm³/mol. The van der Waals surface area contributed by atoms with Gasteiger partial charge in [-0.15, -0.1) is 0 Å². The molecule has 2 N–H and O–H groups in total. The zero-order chi connectivity index (χ0) is 7.41. The molecule has 2 heteroatoms. The van der Waals surface area contributed by atoms with Crippen LogP contribution in [0.4, 0.5) is 0 Å². The van der Waals surface area contributed by atoms with Crippen molar-refractivity contribution in [2.75, 3.05) is 6.61 Å². The molecule has 8 heavy (non-hydrogen) atoms. The fraction of sp³-hybridized carbons (Fsp3) is 1.00. The SMILES string of the molecule is CC.CC.CCON. The van der Waals surface area contributed by atoms with Crippen LogP contribution in [0.15, 0.2) is 0 Å². The van der Waals surface area contributed by atoms with Gasteiger partial charge in [-0.2, -0.15) is 0 Å². The quantitative estimate of drug-likeness (QED) is 0.538. The average Bonchev–Trinajstić information content (AvgIpc) is 1.96. The number of hydrogen-bond acceptors (Lipinski definition) is 2. The Morgan fingerprint density at radius 3 is 1.25 bits per heavy atom. The maximum absolute atomic E-state index is 4.53. The van der Waals surface area contributed by atoms with Gasteiger partial charge in [0.05, 0.1) is 6.61 Å². The van der Waals surface area contributed by atoms with E-state index in [1.165, 1.54) is 0 Å². The lowest BCUT2D eigenvalue weighted by atomic mass is 10.9. The summed E-state index contributed by atoms with van der Waals surface area (Å²) in [7, 11) is 0. The summed E-state index contributed by atoms with van der Waals surface area (Å²) in [6.07, 6.45) is 0. The van der Waals surface area contributed by atoms with Gasteiger partial charge in [-0.25, -0.2) is 5.90 Å². The zero-order valence-electron chi connectivity index (χ0n) is 6.69. The van der Waals surface area contributed by atoms with Crippen LogP contribution in [-0.4, -0.2) is 6.61 Å². The molecule has 0 spiro atoms. The largest absolute Gasteiger partial charge is 0.305 e. The molecule has 0 aliphatic rings. The van der Waals surface area contributed by atoms with Crippen molar-refractivity contribution in [3.8, 4) is 0 Å². The highest BCUT2D eigenvalue weighted by Gasteiger charge is 1.52. The van der Waals surface area contributed by atoms with Crippen molar-refractivity contribution in [2.45, 2.75) is 34.6 Å². The topological polar surface area (TPSA) is 35.2 Å². The lowest BCUT2D eigenvalue weighted by Crippen LogP contribution is -1.94. The van der Waals surface area contributed by atoms with E-state index < -0.39 is 0 Å². The highest BCUT2D eigenvalue weighted by molar-refractivity contribution is 3.91. The van der Waals surface area contributed by atoms with Crippen molar-refractivity contribution in [2.24, 2.45) is 5.90 Å². The van der Waals surface area contributed by atoms with E-state index in [9.17, 15) is 0 Å². The zero-order valence-corrected chi connectivity index (χ0v) is 6.69. The molecular weight excluding hydrogens is 102 g/mol. The van der Waals surface area contributed by atoms with Gasteiger partial charge in [0.2, 0.25) is 0 Å². The van der Waals surface area contributed by atoms with Crippen molar-refractivity contribution in [3.05, 3.63) is 0 Å². The van der Waals surface area contributed by atoms with Crippen molar-refractivity contribution < 1.29 is 4.84 Å². The van der Waals surface area contributed by atoms with Gasteiger partial charge in [-0.1, -0.05) is 27.7 Å². The molecule has 0 fully saturated rings. The van der Waals surface area contributed by atoms with E-state index in [-0.39, 0.29) is 0 Å². The normalized spacial score (nSPS) is 5.25. The summed E-state index contributed by atoms with van der Waals surface area (Å²) < 4.78 is 0. The molecule has 0 aromatic heterocycles. The highest BCUT2D eigenvalue weighted by atomic mass is 16.6. The average molecular weight is 121 g/mol. The maximum Gasteiger partial charge on any atom is 0.0651 e. The molecule has 0 saturated heterocycles. The van der Waals surface area contributed by atoms with Crippen molar-refractivity contribution in [3.63, 3.8) is 0 Å². The molecule has 0 heterocycles. The van der Waals surface area contributed by atoms with Crippen LogP contribution in [-0.2, 0) is 4.84 Å². The number of hydrogen-bond donors (Lipinski definition) is 1. The molecule has 0 rings (SSSR count). The molecule has 0 aliphatic heterocycles. The molecule has 0 aliphatic carbocycles. The molecule has 0 aromatic carbocycles. The Morgan fingerprint density at radius 1 is 1.12 bits per heavy atom. The minimum Gasteiger partial charge on any atom is -0.305 e. The van der Waals surface area contributed by atoms with Gasteiger partial charge < -0.3 is 4.84 Å². The maximum atomic E-state index is 4.53. The second-order valence-electron chi connectivity index (χ2n) is 0.455. The third kappa shape index (κ3) is 169. The van der Waals surface area contributed by atoms with Crippen molar-refractivity contribution in [1.82, 2.24) is 0 Å². The van der Waals surface area contributed by atoms with E-state index in [1.54, 1.807) is 0 Å². The van der Waals surface area contributed by atoms with Gasteiger partial charge in [0.1, 0.15) is 0 Å². The predicted octanol–water partition coefficient (Wildman–Crippen LogP) is 1.95. The van der Waals surface area contributed by atoms with Crippen LogP contribution in [0.5, 0.6) is 0 Å². The van der Waals surface area contributed by atoms with E-state index in [4.69, 9.17) is 0 Å². The molecule has 0 atom stereocenters. The summed E-state index contributed by atoms with van der Waals surface area (Å²) in [6.45, 7) is 10.4. The Morgan fingerprint density at radius 2 is 1.25 bits per heavy atom. The van der Waals surface area contributed by atoms with E-state index in [2.05, 4.69) is 10.7 Å². The standard InChI is InChI=1S/C2H7NO.2C2H6/c1-2-4-3;2*1-2/h2-3H2,1H3;2*1-2H3. The lowest BCUT2D eigenvalue weighted by Gasteiger charge is -1.76. The van der Waals surface area contributed by atoms with E-state index in [0.717, 1.165) is 0 Å². The molecule has 0 radical (unpaired) electrons. The van der Waals surface area contributed by atoms with Crippen LogP contribution in [0.2, 0.25) is 0 Å². The summed E-state index contributed by atoms with van der Waals surface area (Å²) in [4.78, 5) is 4.04. The van der Waals surface area contributed by atoms with Gasteiger partial charge in [0, 0.05) is 0 Å². The Bertz CT molecular complexity index is 10.5. The monoisotopic (exact) mass is 121 g/mol. The molecule has 0 unspecified atom stereocenters. The molecule has 0 bridgehead atoms. The Hall–Kier alpha value is -0.0800. The summed E-state index contributed by atoms with van der Waals surface area (Å²) in [5, 5.41) is 0. The van der Waals surface area contributed by atoms with Crippen LogP contribution in [0.3, 0.4) is 0 Å². The highest BCUT2D eigenvalue weighted by Crippen LogP contribution is 1.46. The van der Waals surface area contributed by atoms with Gasteiger partial charge in [0.25, 0.3) is 0 Å². The third-order valence-corrected chi connectivity index (χ3v) is 0.167. The van der Waals surface area contributed by atoms with Crippen LogP contribution in [0, 0.1) is 0 Å². The summed E-state index contributed by atoms with van der Waals surface area (Å²) >= 11 is 0. The minimum absolute atomic E-state index is 0.597. The summed E-state index contributed by atoms with van der Waals surface area (Å²) in [5.41, 5.74) is 0. The second-order valence-corrected chi connectivity index (χ2v) is 0.455. The first kappa shape index (κ1) is 15.7. The van der Waals surface area contributed by atoms with E-state index >= 15 is 0 Å². The number of rotatable bonds is 1. The Kier molecular flexibility index (Phi) is 129. The molecule has 54 valence electrons. The first-order valence-electron chi connectivity index (χ1n) is 3.23. The molecule has 2 nitrogen and oxygen atoms in total. The third-order valence-electron chi connectivity index (χ3n) is 0.167. The fourth-order valence-corrected chi connectivity index (χ4v) is 0. The molecule has 0 aromatic rings. The first-order valence-corrected chi connectivity index (χ1v) is 3.23. The van der Waals surface area contributed by atoms with Gasteiger partial charge in [0.15, 0.2) is 0 Å². The molecular formula is C6H19NO. The molecule has 0 amide bonds. The van der Waals surface area contributed by atoms with Crippen LogP contribution in [0.25, 0.3) is 0 Å². The van der Waals surface area contributed by atoms with Crippen molar-refractivity contribution >= 4 is 0 Å². The van der Waals surface area contributed by atoms with Gasteiger partial charge in [-0.05, 0) is 6.92 Å². The Labute approximate surface area is 53.0 Å². The van der Waals surface area contributed by atoms with E-state index in [1.807, 2.05) is 34.6 Å². The van der Waals surface area contributed by atoms with Crippen LogP contribution >= 0.6 is 0 Å². The van der Waals surface area contributed by atoms with Gasteiger partial charge >= 0.3 is 0 Å². The van der Waals surface area contributed by atoms with Crippen molar-refractivity contribution in [1.29, 1.82) is 0 Å². The Balaban J connectivity index is -0.0000000542.